The molecule has 7 heteroatoms. The second-order valence-electron chi connectivity index (χ2n) is 7.08. The van der Waals surface area contributed by atoms with Crippen molar-refractivity contribution in [3.63, 3.8) is 0 Å². The third-order valence-corrected chi connectivity index (χ3v) is 5.22. The minimum Gasteiger partial charge on any atom is -0.504 e. The summed E-state index contributed by atoms with van der Waals surface area (Å²) in [6.45, 7) is 3.07. The molecule has 0 aliphatic carbocycles. The van der Waals surface area contributed by atoms with E-state index in [1.807, 2.05) is 6.92 Å². The van der Waals surface area contributed by atoms with E-state index in [9.17, 15) is 14.7 Å². The van der Waals surface area contributed by atoms with Crippen LogP contribution in [0.4, 0.5) is 0 Å². The second-order valence-corrected chi connectivity index (χ2v) is 7.08. The largest absolute Gasteiger partial charge is 0.504 e. The third-order valence-electron chi connectivity index (χ3n) is 5.22. The number of hydrogen-bond donors (Lipinski definition) is 1. The van der Waals surface area contributed by atoms with Gasteiger partial charge in [0.25, 0.3) is 5.91 Å². The Bertz CT molecular complexity index is 1150. The molecule has 0 fully saturated rings. The summed E-state index contributed by atoms with van der Waals surface area (Å²) in [5, 5.41) is 10.5. The van der Waals surface area contributed by atoms with Gasteiger partial charge in [0.05, 0.1) is 23.6 Å². The Morgan fingerprint density at radius 3 is 2.73 bits per heavy atom. The van der Waals surface area contributed by atoms with Crippen molar-refractivity contribution in [2.45, 2.75) is 19.4 Å². The van der Waals surface area contributed by atoms with Gasteiger partial charge in [-0.2, -0.15) is 0 Å². The fourth-order valence-corrected chi connectivity index (χ4v) is 3.90. The van der Waals surface area contributed by atoms with Crippen LogP contribution in [0.1, 0.15) is 41.1 Å². The lowest BCUT2D eigenvalue weighted by atomic mass is 9.98. The number of nitrogens with zero attached hydrogens (tertiary/aromatic N) is 1. The highest BCUT2D eigenvalue weighted by molar-refractivity contribution is 5.99. The number of benzene rings is 2. The molecule has 2 aromatic carbocycles. The van der Waals surface area contributed by atoms with Crippen molar-refractivity contribution in [3.05, 3.63) is 69.6 Å². The highest BCUT2D eigenvalue weighted by atomic mass is 16.5. The quantitative estimate of drug-likeness (QED) is 0.601. The van der Waals surface area contributed by atoms with E-state index in [0.717, 1.165) is 0 Å². The Balaban J connectivity index is 1.90. The molecule has 0 saturated heterocycles. The van der Waals surface area contributed by atoms with Crippen LogP contribution in [-0.4, -0.2) is 42.8 Å². The summed E-state index contributed by atoms with van der Waals surface area (Å²) in [5.41, 5.74) is 1.13. The van der Waals surface area contributed by atoms with Gasteiger partial charge < -0.3 is 23.9 Å². The van der Waals surface area contributed by atoms with Crippen LogP contribution >= 0.6 is 0 Å². The van der Waals surface area contributed by atoms with Gasteiger partial charge in [-0.05, 0) is 43.2 Å². The molecule has 0 saturated carbocycles. The molecule has 1 aliphatic rings. The lowest BCUT2D eigenvalue weighted by molar-refractivity contribution is 0.0707. The molecule has 0 spiro atoms. The number of phenols is 1. The minimum atomic E-state index is -0.634. The number of phenolic OH excluding ortho intramolecular Hbond substituents is 1. The van der Waals surface area contributed by atoms with E-state index in [2.05, 4.69) is 0 Å². The van der Waals surface area contributed by atoms with Crippen LogP contribution in [0.3, 0.4) is 0 Å². The molecule has 1 aliphatic heterocycles. The minimum absolute atomic E-state index is 0.00151. The molecule has 1 atom stereocenters. The summed E-state index contributed by atoms with van der Waals surface area (Å²) in [6.07, 6.45) is 0.608. The van der Waals surface area contributed by atoms with Gasteiger partial charge in [0.1, 0.15) is 5.58 Å². The number of fused-ring (bicyclic) bond motifs is 2. The average Bonchev–Trinajstić information content (AvgIpc) is 3.02. The number of hydrogen-bond acceptors (Lipinski definition) is 6. The summed E-state index contributed by atoms with van der Waals surface area (Å²) in [6, 6.07) is 11.1. The molecule has 1 amide bonds. The third kappa shape index (κ3) is 3.31. The van der Waals surface area contributed by atoms with E-state index in [4.69, 9.17) is 13.9 Å². The van der Waals surface area contributed by atoms with E-state index < -0.39 is 6.04 Å². The monoisotopic (exact) mass is 409 g/mol. The Morgan fingerprint density at radius 1 is 1.17 bits per heavy atom. The average molecular weight is 409 g/mol. The number of amides is 1. The Labute approximate surface area is 173 Å². The summed E-state index contributed by atoms with van der Waals surface area (Å²) in [7, 11) is 1.60. The molecule has 2 heterocycles. The van der Waals surface area contributed by atoms with Crippen molar-refractivity contribution in [1.29, 1.82) is 0 Å². The van der Waals surface area contributed by atoms with Crippen molar-refractivity contribution in [1.82, 2.24) is 4.90 Å². The molecule has 0 bridgehead atoms. The fourth-order valence-electron chi connectivity index (χ4n) is 3.90. The first-order chi connectivity index (χ1) is 14.6. The number of rotatable bonds is 7. The maximum absolute atomic E-state index is 13.4. The molecular weight excluding hydrogens is 386 g/mol. The van der Waals surface area contributed by atoms with Crippen LogP contribution in [0.5, 0.6) is 11.5 Å². The van der Waals surface area contributed by atoms with Crippen LogP contribution in [0.2, 0.25) is 0 Å². The van der Waals surface area contributed by atoms with Gasteiger partial charge in [0.15, 0.2) is 16.9 Å². The molecule has 30 heavy (non-hydrogen) atoms. The molecular formula is C23H23NO6. The maximum Gasteiger partial charge on any atom is 0.290 e. The summed E-state index contributed by atoms with van der Waals surface area (Å²) >= 11 is 0. The zero-order chi connectivity index (χ0) is 21.3. The van der Waals surface area contributed by atoms with Crippen LogP contribution in [0.25, 0.3) is 11.0 Å². The van der Waals surface area contributed by atoms with Crippen LogP contribution in [0, 0.1) is 0 Å². The molecule has 7 nitrogen and oxygen atoms in total. The van der Waals surface area contributed by atoms with Gasteiger partial charge in [-0.25, -0.2) is 0 Å². The lowest BCUT2D eigenvalue weighted by Gasteiger charge is -2.25. The Hall–Kier alpha value is -3.32. The molecule has 1 aromatic heterocycles. The lowest BCUT2D eigenvalue weighted by Crippen LogP contribution is -2.31. The smallest absolute Gasteiger partial charge is 0.290 e. The number of aromatic hydroxyl groups is 1. The van der Waals surface area contributed by atoms with Gasteiger partial charge in [-0.3, -0.25) is 9.59 Å². The van der Waals surface area contributed by atoms with E-state index in [-0.39, 0.29) is 22.8 Å². The van der Waals surface area contributed by atoms with Crippen molar-refractivity contribution in [2.75, 3.05) is 26.9 Å². The molecule has 1 N–H and O–H groups in total. The van der Waals surface area contributed by atoms with Crippen LogP contribution < -0.4 is 10.2 Å². The molecule has 156 valence electrons. The normalized spacial score (nSPS) is 15.6. The predicted octanol–water partition coefficient (Wildman–Crippen LogP) is 3.48. The Morgan fingerprint density at radius 2 is 1.97 bits per heavy atom. The predicted molar refractivity (Wildman–Crippen MR) is 111 cm³/mol. The number of carbonyl (C=O) groups excluding carboxylic acids is 1. The fraction of sp³-hybridized carbons (Fsp3) is 0.304. The van der Waals surface area contributed by atoms with Gasteiger partial charge in [0, 0.05) is 20.3 Å². The zero-order valence-electron chi connectivity index (χ0n) is 16.9. The van der Waals surface area contributed by atoms with Crippen molar-refractivity contribution in [3.8, 4) is 11.5 Å². The first kappa shape index (κ1) is 20.0. The maximum atomic E-state index is 13.4. The zero-order valence-corrected chi connectivity index (χ0v) is 16.9. The number of methoxy groups -OCH3 is 1. The topological polar surface area (TPSA) is 89.2 Å². The number of para-hydroxylation sites is 1. The standard InChI is InChI=1S/C23H23NO6/c1-3-29-18-13-14(9-10-16(18)25)20-19-21(26)15-7-4-5-8-17(15)30-22(19)23(27)24(20)11-6-12-28-2/h4-5,7-10,13,20,25H,3,6,11-12H2,1-2H3/t20-/m0/s1. The highest BCUT2D eigenvalue weighted by Crippen LogP contribution is 2.40. The second kappa shape index (κ2) is 8.20. The molecule has 0 radical (unpaired) electrons. The van der Waals surface area contributed by atoms with E-state index >= 15 is 0 Å². The van der Waals surface area contributed by atoms with Gasteiger partial charge in [0.2, 0.25) is 5.76 Å². The SMILES string of the molecule is CCOc1cc([C@H]2c3c(oc4ccccc4c3=O)C(=O)N2CCCOC)ccc1O. The molecule has 4 rings (SSSR count). The van der Waals surface area contributed by atoms with Crippen LogP contribution in [0.15, 0.2) is 51.7 Å². The molecule has 3 aromatic rings. The molecule has 0 unspecified atom stereocenters. The summed E-state index contributed by atoms with van der Waals surface area (Å²) < 4.78 is 16.5. The first-order valence-electron chi connectivity index (χ1n) is 9.88. The van der Waals surface area contributed by atoms with Crippen molar-refractivity contribution >= 4 is 16.9 Å². The first-order valence-corrected chi connectivity index (χ1v) is 9.88. The van der Waals surface area contributed by atoms with E-state index in [1.165, 1.54) is 6.07 Å². The van der Waals surface area contributed by atoms with Gasteiger partial charge in [-0.1, -0.05) is 18.2 Å². The summed E-state index contributed by atoms with van der Waals surface area (Å²) in [4.78, 5) is 28.2. The summed E-state index contributed by atoms with van der Waals surface area (Å²) in [5.74, 6) is 0.0340. The Kier molecular flexibility index (Phi) is 5.46. The van der Waals surface area contributed by atoms with E-state index in [1.54, 1.807) is 48.4 Å². The van der Waals surface area contributed by atoms with Gasteiger partial charge >= 0.3 is 0 Å². The number of ether oxygens (including phenoxy) is 2. The van der Waals surface area contributed by atoms with Gasteiger partial charge in [-0.15, -0.1) is 0 Å². The highest BCUT2D eigenvalue weighted by Gasteiger charge is 2.42. The van der Waals surface area contributed by atoms with Crippen molar-refractivity contribution < 1.29 is 23.8 Å². The van der Waals surface area contributed by atoms with Crippen molar-refractivity contribution in [2.24, 2.45) is 0 Å². The number of carbonyl (C=O) groups is 1. The van der Waals surface area contributed by atoms with E-state index in [0.29, 0.717) is 54.0 Å². The van der Waals surface area contributed by atoms with Crippen LogP contribution in [-0.2, 0) is 4.74 Å².